The van der Waals surface area contributed by atoms with Crippen LogP contribution in [0.2, 0.25) is 5.02 Å². The number of nitrogens with zero attached hydrogens (tertiary/aromatic N) is 1. The van der Waals surface area contributed by atoms with Crippen LogP contribution in [0, 0.1) is 6.92 Å². The average Bonchev–Trinajstić information content (AvgIpc) is 3.83. The van der Waals surface area contributed by atoms with Gasteiger partial charge in [-0.05, 0) is 106 Å². The molecule has 0 aliphatic heterocycles. The molecular formula is C38H53ClFN2O2P. The Kier molecular flexibility index (Phi) is 15.8. The number of aliphatic hydroxyl groups is 1. The molecular weight excluding hydrogens is 602 g/mol. The third-order valence-corrected chi connectivity index (χ3v) is 8.34. The summed E-state index contributed by atoms with van der Waals surface area (Å²) in [6.07, 6.45) is 7.72. The van der Waals surface area contributed by atoms with Gasteiger partial charge in [-0.15, -0.1) is 0 Å². The summed E-state index contributed by atoms with van der Waals surface area (Å²) < 4.78 is 20.4. The first-order valence-electron chi connectivity index (χ1n) is 16.0. The number of nitrogens with one attached hydrogen (secondary N) is 1. The Labute approximate surface area is 278 Å². The minimum Gasteiger partial charge on any atom is -0.482 e. The maximum absolute atomic E-state index is 14.1. The average molecular weight is 655 g/mol. The molecule has 7 heteroatoms. The molecule has 0 amide bonds. The zero-order valence-electron chi connectivity index (χ0n) is 28.4. The molecule has 0 heterocycles. The maximum Gasteiger partial charge on any atom is 0.173 e. The second-order valence-corrected chi connectivity index (χ2v) is 13.3. The Balaban J connectivity index is 0.000000305. The third-order valence-electron chi connectivity index (χ3n) is 7.29. The molecule has 45 heavy (non-hydrogen) atoms. The van der Waals surface area contributed by atoms with E-state index in [-0.39, 0.29) is 0 Å². The monoisotopic (exact) mass is 654 g/mol. The molecule has 0 spiro atoms. The van der Waals surface area contributed by atoms with E-state index in [1.807, 2.05) is 68.6 Å². The molecule has 3 atom stereocenters. The number of hydrogen-bond acceptors (Lipinski definition) is 4. The summed E-state index contributed by atoms with van der Waals surface area (Å²) in [6.45, 7) is 14.0. The molecule has 246 valence electrons. The Morgan fingerprint density at radius 3 is 2.18 bits per heavy atom. The van der Waals surface area contributed by atoms with Gasteiger partial charge in [-0.1, -0.05) is 96.4 Å². The van der Waals surface area contributed by atoms with E-state index < -0.39 is 17.1 Å². The number of aliphatic imine (C=N–C) groups is 1. The van der Waals surface area contributed by atoms with Gasteiger partial charge in [0.25, 0.3) is 0 Å². The Hall–Kier alpha value is -2.72. The summed E-state index contributed by atoms with van der Waals surface area (Å²) in [4.78, 5) is 4.91. The molecule has 4 nitrogen and oxygen atoms in total. The lowest BCUT2D eigenvalue weighted by Crippen LogP contribution is -2.38. The molecule has 0 bridgehead atoms. The van der Waals surface area contributed by atoms with Crippen LogP contribution >= 0.6 is 20.8 Å². The van der Waals surface area contributed by atoms with Gasteiger partial charge in [0, 0.05) is 17.8 Å². The second kappa shape index (κ2) is 18.4. The van der Waals surface area contributed by atoms with E-state index in [1.54, 1.807) is 12.1 Å². The van der Waals surface area contributed by atoms with Crippen LogP contribution in [0.25, 0.3) is 0 Å². The van der Waals surface area contributed by atoms with Crippen molar-refractivity contribution in [1.29, 1.82) is 0 Å². The lowest BCUT2D eigenvalue weighted by atomic mass is 9.97. The zero-order chi connectivity index (χ0) is 33.6. The minimum atomic E-state index is -1.76. The predicted molar refractivity (Wildman–Crippen MR) is 196 cm³/mol. The number of aryl methyl sites for hydroxylation is 1. The van der Waals surface area contributed by atoms with Gasteiger partial charge < -0.3 is 15.2 Å². The van der Waals surface area contributed by atoms with E-state index in [2.05, 4.69) is 55.3 Å². The Morgan fingerprint density at radius 1 is 1.07 bits per heavy atom. The van der Waals surface area contributed by atoms with Gasteiger partial charge in [0.1, 0.15) is 11.4 Å². The number of alkyl halides is 1. The van der Waals surface area contributed by atoms with Crippen LogP contribution in [-0.2, 0) is 11.8 Å². The first-order valence-corrected chi connectivity index (χ1v) is 17.0. The summed E-state index contributed by atoms with van der Waals surface area (Å²) in [5.41, 5.74) is 6.76. The van der Waals surface area contributed by atoms with Gasteiger partial charge in [-0.25, -0.2) is 4.39 Å². The highest BCUT2D eigenvalue weighted by atomic mass is 35.5. The van der Waals surface area contributed by atoms with E-state index in [0.29, 0.717) is 10.6 Å². The van der Waals surface area contributed by atoms with Crippen LogP contribution in [0.1, 0.15) is 90.3 Å². The predicted octanol–water partition coefficient (Wildman–Crippen LogP) is 11.2. The quantitative estimate of drug-likeness (QED) is 0.123. The van der Waals surface area contributed by atoms with Crippen LogP contribution in [0.3, 0.4) is 0 Å². The van der Waals surface area contributed by atoms with Crippen molar-refractivity contribution < 1.29 is 14.2 Å². The SMILES string of the molecule is CC(O)C(F)(P)c1ccc(CC=C2CC2)cc1.CCC.CCCC(=Nc1cc(Cl)ccc1C)C(C)(C)Oc1ccc(NC)cc1. The van der Waals surface area contributed by atoms with Crippen molar-refractivity contribution in [2.45, 2.75) is 104 Å². The topological polar surface area (TPSA) is 53.9 Å². The number of hydrogen-bond donors (Lipinski definition) is 2. The molecule has 1 aliphatic rings. The van der Waals surface area contributed by atoms with E-state index in [4.69, 9.17) is 21.3 Å². The maximum atomic E-state index is 14.1. The second-order valence-electron chi connectivity index (χ2n) is 12.0. The van der Waals surface area contributed by atoms with Crippen molar-refractivity contribution in [2.24, 2.45) is 4.99 Å². The molecule has 1 saturated carbocycles. The lowest BCUT2D eigenvalue weighted by molar-refractivity contribution is 0.0671. The highest BCUT2D eigenvalue weighted by Gasteiger charge is 2.31. The fourth-order valence-corrected chi connectivity index (χ4v) is 4.65. The van der Waals surface area contributed by atoms with Crippen LogP contribution in [0.15, 0.2) is 83.4 Å². The minimum absolute atomic E-state index is 0.500. The normalized spacial score (nSPS) is 14.6. The van der Waals surface area contributed by atoms with Gasteiger partial charge >= 0.3 is 0 Å². The van der Waals surface area contributed by atoms with Gasteiger partial charge in [-0.2, -0.15) is 0 Å². The summed E-state index contributed by atoms with van der Waals surface area (Å²) in [5, 5.41) is 11.4. The van der Waals surface area contributed by atoms with Crippen molar-refractivity contribution in [3.63, 3.8) is 0 Å². The lowest BCUT2D eigenvalue weighted by Gasteiger charge is -2.28. The first-order chi connectivity index (χ1) is 21.3. The molecule has 3 aromatic carbocycles. The summed E-state index contributed by atoms with van der Waals surface area (Å²) in [6, 6.07) is 21.1. The summed E-state index contributed by atoms with van der Waals surface area (Å²) in [7, 11) is 3.99. The van der Waals surface area contributed by atoms with Crippen LogP contribution in [0.5, 0.6) is 5.75 Å². The number of halogens is 2. The van der Waals surface area contributed by atoms with Crippen LogP contribution < -0.4 is 10.1 Å². The number of allylic oxidation sites excluding steroid dienone is 2. The number of aliphatic hydroxyl groups excluding tert-OH is 1. The molecule has 0 saturated heterocycles. The molecule has 3 unspecified atom stereocenters. The van der Waals surface area contributed by atoms with Crippen molar-refractivity contribution in [1.82, 2.24) is 0 Å². The zero-order valence-corrected chi connectivity index (χ0v) is 30.3. The Bertz CT molecular complexity index is 1380. The van der Waals surface area contributed by atoms with Gasteiger partial charge in [-0.3, -0.25) is 4.99 Å². The van der Waals surface area contributed by atoms with Crippen molar-refractivity contribution >= 4 is 37.9 Å². The number of rotatable bonds is 11. The van der Waals surface area contributed by atoms with E-state index >= 15 is 0 Å². The molecule has 0 aromatic heterocycles. The number of anilines is 1. The molecule has 3 aromatic rings. The third kappa shape index (κ3) is 12.9. The summed E-state index contributed by atoms with van der Waals surface area (Å²) in [5.74, 6) is 0.829. The first kappa shape index (κ1) is 38.5. The molecule has 4 rings (SSSR count). The van der Waals surface area contributed by atoms with E-state index in [1.165, 1.54) is 37.3 Å². The van der Waals surface area contributed by atoms with Gasteiger partial charge in [0.05, 0.1) is 17.5 Å². The van der Waals surface area contributed by atoms with E-state index in [9.17, 15) is 9.50 Å². The Morgan fingerprint density at radius 2 is 1.67 bits per heavy atom. The molecule has 2 N–H and O–H groups in total. The van der Waals surface area contributed by atoms with Crippen LogP contribution in [0.4, 0.5) is 15.8 Å². The fourth-order valence-electron chi connectivity index (χ4n) is 4.30. The number of benzene rings is 3. The smallest absolute Gasteiger partial charge is 0.173 e. The molecule has 0 radical (unpaired) electrons. The van der Waals surface area contributed by atoms with Crippen molar-refractivity contribution in [2.75, 3.05) is 12.4 Å². The summed E-state index contributed by atoms with van der Waals surface area (Å²) >= 11 is 6.14. The highest BCUT2D eigenvalue weighted by Crippen LogP contribution is 2.37. The highest BCUT2D eigenvalue weighted by molar-refractivity contribution is 7.18. The van der Waals surface area contributed by atoms with Crippen molar-refractivity contribution in [3.8, 4) is 5.75 Å². The largest absolute Gasteiger partial charge is 0.482 e. The standard InChI is InChI=1S/C21H27ClN2O.C14H18FOP.C3H8/c1-6-7-20(24-19-14-16(22)9-8-15(19)2)21(3,4)25-18-12-10-17(23-5)11-13-18;1-10(16)14(15,17)13-8-6-12(7-9-13)5-4-11-2-3-11;1-3-2/h8-14,23H,6-7H2,1-5H3;4,6-10,16H,2-3,5,17H2,1H3;3H2,1-2H3. The fraction of sp³-hybridized carbons (Fsp3) is 0.447. The van der Waals surface area contributed by atoms with Gasteiger partial charge in [0.15, 0.2) is 5.41 Å². The molecule has 1 fully saturated rings. The van der Waals surface area contributed by atoms with Crippen molar-refractivity contribution in [3.05, 3.63) is 100 Å². The van der Waals surface area contributed by atoms with Crippen LogP contribution in [-0.4, -0.2) is 29.6 Å². The van der Waals surface area contributed by atoms with E-state index in [0.717, 1.165) is 47.7 Å². The van der Waals surface area contributed by atoms with Gasteiger partial charge in [0.2, 0.25) is 0 Å². The molecule has 1 aliphatic carbocycles. The number of ether oxygens (including phenoxy) is 1.